The maximum Gasteiger partial charge on any atom is 0.489 e. The van der Waals surface area contributed by atoms with Crippen LogP contribution in [0.5, 0.6) is 0 Å². The molecule has 0 unspecified atom stereocenters. The van der Waals surface area contributed by atoms with Gasteiger partial charge in [0.1, 0.15) is 0 Å². The Morgan fingerprint density at radius 3 is 1.16 bits per heavy atom. The molecule has 0 fully saturated rings. The van der Waals surface area contributed by atoms with Gasteiger partial charge in [-0.1, -0.05) is 220 Å². The maximum atomic E-state index is 13.6. The predicted molar refractivity (Wildman–Crippen MR) is 384 cm³/mol. The molecule has 2 aliphatic heterocycles. The summed E-state index contributed by atoms with van der Waals surface area (Å²) in [5.74, 6) is 2.53. The van der Waals surface area contributed by atoms with Crippen molar-refractivity contribution >= 4 is 117 Å². The minimum Gasteiger partial charge on any atom is -0.423 e. The van der Waals surface area contributed by atoms with Crippen molar-refractivity contribution in [3.05, 3.63) is 267 Å². The molecule has 0 atom stereocenters. The standard InChI is InChI=1S/C39H32N2OS.C24H17BO2.C15H17BrN2OS/c1-24(2)22-40-25(3)35-23-43-36-21-29(18-19-34(36)41(35)39(40)42)38-32-14-8-6-12-30(32)37(31-13-7-9-15-33(31)38)28-17-16-26-10-4-5-11-27(26)20-28;26-25(27)24-21-11-5-3-9-19(21)23(20-10-4-6-12-22(20)24)18-14-13-16-7-1-2-8-17(16)15-18;1-9(2)7-17-10(3)13-8-20-14-6-11(16)4-5-12(14)18(13)15(17)19/h4-21,24H,22-23H2,1-3H3;1-15,26-27H;4-6,9H,7-8H2,1-3H3. The van der Waals surface area contributed by atoms with Gasteiger partial charge in [0, 0.05) is 50.2 Å². The normalized spacial score (nSPS) is 12.5. The quantitative estimate of drug-likeness (QED) is 0.116. The van der Waals surface area contributed by atoms with Gasteiger partial charge in [-0.25, -0.2) is 9.59 Å². The number of nitrogens with zero attached hydrogens (tertiary/aromatic N) is 4. The molecular weight excluding hydrogens is 1210 g/mol. The van der Waals surface area contributed by atoms with E-state index in [1.165, 1.54) is 65.3 Å². The van der Waals surface area contributed by atoms with Crippen LogP contribution in [0.1, 0.15) is 50.5 Å². The van der Waals surface area contributed by atoms with Crippen LogP contribution in [-0.2, 0) is 24.6 Å². The number of hydrogen-bond donors (Lipinski definition) is 2. The van der Waals surface area contributed by atoms with Gasteiger partial charge in [0.15, 0.2) is 0 Å². The van der Waals surface area contributed by atoms with Crippen LogP contribution in [0.3, 0.4) is 0 Å². The van der Waals surface area contributed by atoms with Crippen LogP contribution in [0.4, 0.5) is 0 Å². The Balaban J connectivity index is 0.000000128. The molecule has 0 spiro atoms. The fourth-order valence-corrected chi connectivity index (χ4v) is 16.4. The van der Waals surface area contributed by atoms with Crippen molar-refractivity contribution in [1.29, 1.82) is 0 Å². The molecule has 16 rings (SSSR count). The molecule has 0 radical (unpaired) electrons. The number of fused-ring (bicyclic) bond motifs is 12. The number of hydrogen-bond acceptors (Lipinski definition) is 6. The Morgan fingerprint density at radius 1 is 0.422 bits per heavy atom. The first-order valence-electron chi connectivity index (χ1n) is 30.8. The van der Waals surface area contributed by atoms with Gasteiger partial charge in [0.2, 0.25) is 0 Å². The van der Waals surface area contributed by atoms with E-state index in [0.29, 0.717) is 17.3 Å². The Bertz CT molecular complexity index is 5200. The van der Waals surface area contributed by atoms with E-state index in [1.807, 2.05) is 90.7 Å². The van der Waals surface area contributed by atoms with Gasteiger partial charge < -0.3 is 10.0 Å². The monoisotopic (exact) mass is 1280 g/mol. The molecule has 4 heterocycles. The van der Waals surface area contributed by atoms with Gasteiger partial charge in [0.05, 0.1) is 22.8 Å². The van der Waals surface area contributed by atoms with Crippen LogP contribution < -0.4 is 16.8 Å². The largest absolute Gasteiger partial charge is 0.489 e. The van der Waals surface area contributed by atoms with Gasteiger partial charge in [-0.2, -0.15) is 0 Å². The Labute approximate surface area is 540 Å². The molecule has 0 bridgehead atoms. The zero-order chi connectivity index (χ0) is 62.1. The number of rotatable bonds is 8. The van der Waals surface area contributed by atoms with Gasteiger partial charge in [-0.05, 0) is 172 Å². The van der Waals surface area contributed by atoms with E-state index in [2.05, 4.69) is 215 Å². The molecule has 444 valence electrons. The number of halogens is 1. The highest BCUT2D eigenvalue weighted by molar-refractivity contribution is 9.10. The highest BCUT2D eigenvalue weighted by atomic mass is 79.9. The number of imidazole rings is 2. The minimum atomic E-state index is -1.52. The molecule has 12 aromatic carbocycles. The van der Waals surface area contributed by atoms with E-state index in [-0.39, 0.29) is 11.4 Å². The van der Waals surface area contributed by atoms with Crippen LogP contribution in [0.15, 0.2) is 242 Å². The van der Waals surface area contributed by atoms with E-state index in [4.69, 9.17) is 0 Å². The smallest absolute Gasteiger partial charge is 0.423 e. The zero-order valence-electron chi connectivity index (χ0n) is 51.0. The van der Waals surface area contributed by atoms with Crippen LogP contribution >= 0.6 is 39.5 Å². The van der Waals surface area contributed by atoms with E-state index >= 15 is 0 Å². The fourth-order valence-electron chi connectivity index (χ4n) is 13.6. The Hall–Kier alpha value is -8.62. The van der Waals surface area contributed by atoms with Crippen LogP contribution in [0, 0.1) is 25.7 Å². The molecule has 0 amide bonds. The van der Waals surface area contributed by atoms with Gasteiger partial charge in [0.25, 0.3) is 0 Å². The van der Waals surface area contributed by atoms with E-state index in [1.54, 1.807) is 11.8 Å². The van der Waals surface area contributed by atoms with E-state index in [9.17, 15) is 19.6 Å². The summed E-state index contributed by atoms with van der Waals surface area (Å²) in [5, 5.41) is 33.8. The average molecular weight is 1280 g/mol. The third-order valence-corrected chi connectivity index (χ3v) is 20.3. The van der Waals surface area contributed by atoms with E-state index in [0.717, 1.165) is 106 Å². The van der Waals surface area contributed by atoms with Crippen LogP contribution in [0.25, 0.3) is 109 Å². The topological polar surface area (TPSA) is 94.3 Å². The molecule has 8 nitrogen and oxygen atoms in total. The Kier molecular flexibility index (Phi) is 15.9. The number of benzene rings is 12. The average Bonchev–Trinajstić information content (AvgIpc) is 0.839. The molecule has 0 saturated heterocycles. The molecule has 2 aromatic heterocycles. The summed E-state index contributed by atoms with van der Waals surface area (Å²) in [6.45, 7) is 14.3. The molecule has 12 heteroatoms. The Morgan fingerprint density at radius 2 is 0.756 bits per heavy atom. The van der Waals surface area contributed by atoms with Crippen LogP contribution in [-0.4, -0.2) is 35.4 Å². The molecule has 0 saturated carbocycles. The van der Waals surface area contributed by atoms with Crippen LogP contribution in [0.2, 0.25) is 0 Å². The summed E-state index contributed by atoms with van der Waals surface area (Å²) < 4.78 is 8.76. The lowest BCUT2D eigenvalue weighted by Crippen LogP contribution is -2.31. The van der Waals surface area contributed by atoms with Crippen molar-refractivity contribution in [1.82, 2.24) is 18.3 Å². The summed E-state index contributed by atoms with van der Waals surface area (Å²) in [4.78, 5) is 28.6. The van der Waals surface area contributed by atoms with Crippen molar-refractivity contribution in [3.8, 4) is 44.8 Å². The fraction of sp³-hybridized carbons (Fsp3) is 0.154. The van der Waals surface area contributed by atoms with Crippen molar-refractivity contribution in [2.45, 2.75) is 75.9 Å². The third kappa shape index (κ3) is 10.5. The third-order valence-electron chi connectivity index (χ3n) is 17.7. The summed E-state index contributed by atoms with van der Waals surface area (Å²) in [7, 11) is -1.52. The lowest BCUT2D eigenvalue weighted by molar-refractivity contribution is 0.426. The second-order valence-electron chi connectivity index (χ2n) is 24.4. The molecular formula is C78H66BBrN4O4S2. The second kappa shape index (κ2) is 24.3. The van der Waals surface area contributed by atoms with Crippen molar-refractivity contribution in [2.24, 2.45) is 11.8 Å². The predicted octanol–water partition coefficient (Wildman–Crippen LogP) is 18.5. The van der Waals surface area contributed by atoms with Gasteiger partial charge in [-0.15, -0.1) is 23.5 Å². The molecule has 2 aliphatic rings. The van der Waals surface area contributed by atoms with Crippen molar-refractivity contribution in [3.63, 3.8) is 0 Å². The summed E-state index contributed by atoms with van der Waals surface area (Å²) >= 11 is 7.13. The van der Waals surface area contributed by atoms with E-state index < -0.39 is 7.12 Å². The molecule has 0 aliphatic carbocycles. The van der Waals surface area contributed by atoms with Gasteiger partial charge >= 0.3 is 18.5 Å². The molecule has 14 aromatic rings. The first kappa shape index (κ1) is 59.0. The molecule has 2 N–H and O–H groups in total. The second-order valence-corrected chi connectivity index (χ2v) is 27.3. The first-order chi connectivity index (χ1) is 43.7. The number of aromatic nitrogens is 4. The molecule has 90 heavy (non-hydrogen) atoms. The summed E-state index contributed by atoms with van der Waals surface area (Å²) in [5.41, 5.74) is 14.3. The summed E-state index contributed by atoms with van der Waals surface area (Å²) in [6, 6.07) is 76.5. The highest BCUT2D eigenvalue weighted by Crippen LogP contribution is 2.47. The summed E-state index contributed by atoms with van der Waals surface area (Å²) in [6.07, 6.45) is 0. The first-order valence-corrected chi connectivity index (χ1v) is 33.5. The minimum absolute atomic E-state index is 0.0751. The SMILES string of the molecule is Cc1c2n(c(=O)n1CC(C)C)-c1ccc(-c3c4ccccc4c(-c4ccc5ccccc5c4)c4ccccc34)cc1SC2.Cc1c2n(c(=O)n1CC(C)C)-c1ccc(Br)cc1SC2.OB(O)c1c2ccccc2c(-c2ccc3ccccc3c2)c2ccccc12. The zero-order valence-corrected chi connectivity index (χ0v) is 54.3. The van der Waals surface area contributed by atoms with Gasteiger partial charge in [-0.3, -0.25) is 18.3 Å². The van der Waals surface area contributed by atoms with Crippen molar-refractivity contribution < 1.29 is 10.0 Å². The lowest BCUT2D eigenvalue weighted by Gasteiger charge is -2.21. The highest BCUT2D eigenvalue weighted by Gasteiger charge is 2.28. The van der Waals surface area contributed by atoms with Crippen molar-refractivity contribution in [2.75, 3.05) is 0 Å². The lowest BCUT2D eigenvalue weighted by atomic mass is 9.72. The number of thioether (sulfide) groups is 2. The maximum absolute atomic E-state index is 13.6.